The fourth-order valence-electron chi connectivity index (χ4n) is 1.75. The molecule has 2 N–H and O–H groups in total. The van der Waals surface area contributed by atoms with Gasteiger partial charge in [0.1, 0.15) is 5.75 Å². The lowest BCUT2D eigenvalue weighted by molar-refractivity contribution is 0.144. The van der Waals surface area contributed by atoms with Gasteiger partial charge in [0.05, 0.1) is 0 Å². The van der Waals surface area contributed by atoms with Crippen molar-refractivity contribution in [1.82, 2.24) is 5.32 Å². The maximum absolute atomic E-state index is 10.3. The molecule has 0 amide bonds. The molecule has 5 heteroatoms. The Morgan fingerprint density at radius 1 is 1.25 bits per heavy atom. The van der Waals surface area contributed by atoms with Gasteiger partial charge in [0.15, 0.2) is 0 Å². The highest BCUT2D eigenvalue weighted by Crippen LogP contribution is 2.19. The van der Waals surface area contributed by atoms with E-state index in [0.717, 1.165) is 31.9 Å². The van der Waals surface area contributed by atoms with Crippen molar-refractivity contribution in [3.05, 3.63) is 24.3 Å². The van der Waals surface area contributed by atoms with Crippen molar-refractivity contribution >= 4 is 11.8 Å². The van der Waals surface area contributed by atoms with Gasteiger partial charge in [-0.1, -0.05) is 0 Å². The zero-order chi connectivity index (χ0) is 11.4. The number of piperazine rings is 1. The minimum Gasteiger partial charge on any atom is -0.449 e. The number of benzene rings is 1. The Balaban J connectivity index is 2.03. The van der Waals surface area contributed by atoms with Crippen LogP contribution >= 0.6 is 0 Å². The van der Waals surface area contributed by atoms with Gasteiger partial charge in [0.2, 0.25) is 0 Å². The van der Waals surface area contributed by atoms with Gasteiger partial charge in [-0.25, -0.2) is 4.79 Å². The van der Waals surface area contributed by atoms with Gasteiger partial charge >= 0.3 is 6.16 Å². The van der Waals surface area contributed by atoms with E-state index in [1.807, 2.05) is 12.1 Å². The third-order valence-corrected chi connectivity index (χ3v) is 2.52. The van der Waals surface area contributed by atoms with Crippen LogP contribution in [0, 0.1) is 0 Å². The largest absolute Gasteiger partial charge is 0.511 e. The molecule has 0 aliphatic carbocycles. The van der Waals surface area contributed by atoms with Crippen molar-refractivity contribution in [1.29, 1.82) is 0 Å². The SMILES string of the molecule is O=C(O)Oc1ccc(N2CCNCC2)cc1. The number of carboxylic acid groups (broad SMARTS) is 1. The molecular formula is C11H14N2O3. The van der Waals surface area contributed by atoms with Crippen LogP contribution in [0.5, 0.6) is 5.75 Å². The fraction of sp³-hybridized carbons (Fsp3) is 0.364. The number of rotatable bonds is 2. The minimum absolute atomic E-state index is 0.353. The highest BCUT2D eigenvalue weighted by Gasteiger charge is 2.10. The predicted molar refractivity (Wildman–Crippen MR) is 60.2 cm³/mol. The van der Waals surface area contributed by atoms with E-state index < -0.39 is 6.16 Å². The molecule has 1 saturated heterocycles. The zero-order valence-corrected chi connectivity index (χ0v) is 8.85. The van der Waals surface area contributed by atoms with Gasteiger partial charge in [-0.2, -0.15) is 0 Å². The summed E-state index contributed by atoms with van der Waals surface area (Å²) in [5, 5.41) is 11.7. The molecule has 16 heavy (non-hydrogen) atoms. The predicted octanol–water partition coefficient (Wildman–Crippen LogP) is 1.15. The van der Waals surface area contributed by atoms with Crippen LogP contribution in [0.2, 0.25) is 0 Å². The molecular weight excluding hydrogens is 208 g/mol. The van der Waals surface area contributed by atoms with Crippen molar-refractivity contribution < 1.29 is 14.6 Å². The Morgan fingerprint density at radius 3 is 2.44 bits per heavy atom. The van der Waals surface area contributed by atoms with Gasteiger partial charge < -0.3 is 20.1 Å². The number of anilines is 1. The molecule has 0 bridgehead atoms. The number of carbonyl (C=O) groups is 1. The summed E-state index contributed by atoms with van der Waals surface area (Å²) < 4.78 is 4.54. The van der Waals surface area contributed by atoms with Gasteiger partial charge in [-0.05, 0) is 24.3 Å². The lowest BCUT2D eigenvalue weighted by atomic mass is 10.2. The summed E-state index contributed by atoms with van der Waals surface area (Å²) in [6, 6.07) is 7.10. The van der Waals surface area contributed by atoms with E-state index in [1.54, 1.807) is 12.1 Å². The Kier molecular flexibility index (Phi) is 3.26. The molecule has 1 fully saturated rings. The molecule has 0 radical (unpaired) electrons. The molecule has 0 saturated carbocycles. The summed E-state index contributed by atoms with van der Waals surface area (Å²) >= 11 is 0. The van der Waals surface area contributed by atoms with Crippen molar-refractivity contribution in [3.63, 3.8) is 0 Å². The lowest BCUT2D eigenvalue weighted by Crippen LogP contribution is -2.43. The fourth-order valence-corrected chi connectivity index (χ4v) is 1.75. The Morgan fingerprint density at radius 2 is 1.88 bits per heavy atom. The summed E-state index contributed by atoms with van der Waals surface area (Å²) in [6.07, 6.45) is -1.28. The lowest BCUT2D eigenvalue weighted by Gasteiger charge is -2.29. The van der Waals surface area contributed by atoms with E-state index in [2.05, 4.69) is 15.0 Å². The second-order valence-corrected chi connectivity index (χ2v) is 3.60. The Hall–Kier alpha value is -1.75. The smallest absolute Gasteiger partial charge is 0.449 e. The highest BCUT2D eigenvalue weighted by atomic mass is 16.7. The van der Waals surface area contributed by atoms with Crippen molar-refractivity contribution in [3.8, 4) is 5.75 Å². The molecule has 0 unspecified atom stereocenters. The van der Waals surface area contributed by atoms with Gasteiger partial charge in [-0.3, -0.25) is 0 Å². The number of nitrogens with zero attached hydrogens (tertiary/aromatic N) is 1. The molecule has 1 heterocycles. The zero-order valence-electron chi connectivity index (χ0n) is 8.85. The number of ether oxygens (including phenoxy) is 1. The molecule has 0 aromatic heterocycles. The van der Waals surface area contributed by atoms with Crippen LogP contribution in [0.15, 0.2) is 24.3 Å². The van der Waals surface area contributed by atoms with Gasteiger partial charge in [-0.15, -0.1) is 0 Å². The summed E-state index contributed by atoms with van der Waals surface area (Å²) in [5.74, 6) is 0.353. The average Bonchev–Trinajstić information content (AvgIpc) is 2.30. The van der Waals surface area contributed by atoms with Crippen molar-refractivity contribution in [2.24, 2.45) is 0 Å². The van der Waals surface area contributed by atoms with Gasteiger partial charge in [0.25, 0.3) is 0 Å². The van der Waals surface area contributed by atoms with Crippen LogP contribution in [0.4, 0.5) is 10.5 Å². The quantitative estimate of drug-likeness (QED) is 0.580. The monoisotopic (exact) mass is 222 g/mol. The normalized spacial score (nSPS) is 15.9. The van der Waals surface area contributed by atoms with E-state index in [4.69, 9.17) is 5.11 Å². The Labute approximate surface area is 93.6 Å². The van der Waals surface area contributed by atoms with E-state index in [-0.39, 0.29) is 0 Å². The van der Waals surface area contributed by atoms with Crippen LogP contribution in [0.3, 0.4) is 0 Å². The third kappa shape index (κ3) is 2.64. The standard InChI is InChI=1S/C11H14N2O3/c14-11(15)16-10-3-1-9(2-4-10)13-7-5-12-6-8-13/h1-4,12H,5-8H2,(H,14,15). The van der Waals surface area contributed by atoms with E-state index in [0.29, 0.717) is 5.75 Å². The van der Waals surface area contributed by atoms with Crippen LogP contribution in [-0.4, -0.2) is 37.4 Å². The first-order valence-electron chi connectivity index (χ1n) is 5.22. The molecule has 5 nitrogen and oxygen atoms in total. The maximum Gasteiger partial charge on any atom is 0.511 e. The molecule has 0 atom stereocenters. The summed E-state index contributed by atoms with van der Waals surface area (Å²) in [6.45, 7) is 3.90. The number of nitrogens with one attached hydrogen (secondary N) is 1. The first-order valence-corrected chi connectivity index (χ1v) is 5.22. The van der Waals surface area contributed by atoms with Crippen LogP contribution in [0.25, 0.3) is 0 Å². The molecule has 1 aromatic rings. The molecule has 1 aliphatic rings. The summed E-state index contributed by atoms with van der Waals surface area (Å²) in [4.78, 5) is 12.6. The van der Waals surface area contributed by atoms with E-state index in [9.17, 15) is 4.79 Å². The van der Waals surface area contributed by atoms with Gasteiger partial charge in [0, 0.05) is 31.9 Å². The molecule has 1 aromatic carbocycles. The minimum atomic E-state index is -1.28. The number of hydrogen-bond acceptors (Lipinski definition) is 4. The Bertz CT molecular complexity index is 358. The summed E-state index contributed by atoms with van der Waals surface area (Å²) in [7, 11) is 0. The van der Waals surface area contributed by atoms with Crippen molar-refractivity contribution in [2.45, 2.75) is 0 Å². The molecule has 1 aliphatic heterocycles. The first-order chi connectivity index (χ1) is 7.75. The summed E-state index contributed by atoms with van der Waals surface area (Å²) in [5.41, 5.74) is 1.10. The topological polar surface area (TPSA) is 61.8 Å². The maximum atomic E-state index is 10.3. The van der Waals surface area contributed by atoms with Crippen LogP contribution in [-0.2, 0) is 0 Å². The van der Waals surface area contributed by atoms with Crippen LogP contribution in [0.1, 0.15) is 0 Å². The highest BCUT2D eigenvalue weighted by molar-refractivity contribution is 5.62. The molecule has 86 valence electrons. The number of hydrogen-bond donors (Lipinski definition) is 2. The second-order valence-electron chi connectivity index (χ2n) is 3.60. The first kappa shape index (κ1) is 10.8. The van der Waals surface area contributed by atoms with E-state index >= 15 is 0 Å². The van der Waals surface area contributed by atoms with Crippen LogP contribution < -0.4 is 15.0 Å². The second kappa shape index (κ2) is 4.85. The average molecular weight is 222 g/mol. The van der Waals surface area contributed by atoms with E-state index in [1.165, 1.54) is 0 Å². The third-order valence-electron chi connectivity index (χ3n) is 2.52. The molecule has 2 rings (SSSR count). The molecule has 0 spiro atoms. The van der Waals surface area contributed by atoms with Crippen molar-refractivity contribution in [2.75, 3.05) is 31.1 Å².